The van der Waals surface area contributed by atoms with Gasteiger partial charge >= 0.3 is 11.9 Å². The molecule has 0 unspecified atom stereocenters. The van der Waals surface area contributed by atoms with E-state index < -0.39 is 23.9 Å². The number of carboxylic acids is 2. The topological polar surface area (TPSA) is 107 Å². The van der Waals surface area contributed by atoms with Crippen molar-refractivity contribution in [1.29, 1.82) is 0 Å². The summed E-state index contributed by atoms with van der Waals surface area (Å²) in [5.41, 5.74) is -0.492. The number of pyridine rings is 1. The van der Waals surface area contributed by atoms with E-state index in [1.807, 2.05) is 0 Å². The number of aromatic amines is 1. The molecular formula is C9H9NO5. The van der Waals surface area contributed by atoms with Gasteiger partial charge in [0, 0.05) is 11.8 Å². The average molecular weight is 211 g/mol. The fraction of sp³-hybridized carbons (Fsp3) is 0.222. The third-order valence-electron chi connectivity index (χ3n) is 1.87. The zero-order valence-electron chi connectivity index (χ0n) is 7.90. The normalized spacial score (nSPS) is 9.93. The Labute approximate surface area is 84.2 Å². The summed E-state index contributed by atoms with van der Waals surface area (Å²) in [6.07, 6.45) is -0.480. The molecule has 0 radical (unpaired) electrons. The largest absolute Gasteiger partial charge is 0.481 e. The number of carbonyl (C=O) groups is 2. The van der Waals surface area contributed by atoms with Crippen LogP contribution in [0.15, 0.2) is 10.9 Å². The SMILES string of the molecule is Cc1[nH]c(=O)cc(CC(=O)O)c1C(=O)O. The van der Waals surface area contributed by atoms with Crippen LogP contribution in [0.1, 0.15) is 21.6 Å². The van der Waals surface area contributed by atoms with Gasteiger partial charge in [-0.2, -0.15) is 0 Å². The summed E-state index contributed by atoms with van der Waals surface area (Å²) in [5, 5.41) is 17.4. The van der Waals surface area contributed by atoms with Crippen molar-refractivity contribution in [3.05, 3.63) is 33.2 Å². The van der Waals surface area contributed by atoms with Gasteiger partial charge in [-0.05, 0) is 12.5 Å². The predicted molar refractivity (Wildman–Crippen MR) is 50.1 cm³/mol. The number of H-pyrrole nitrogens is 1. The Balaban J connectivity index is 3.39. The lowest BCUT2D eigenvalue weighted by molar-refractivity contribution is -0.136. The molecular weight excluding hydrogens is 202 g/mol. The molecule has 1 rings (SSSR count). The fourth-order valence-electron chi connectivity index (χ4n) is 1.35. The maximum Gasteiger partial charge on any atom is 0.337 e. The molecule has 0 saturated heterocycles. The molecule has 6 nitrogen and oxygen atoms in total. The Morgan fingerprint density at radius 3 is 2.47 bits per heavy atom. The van der Waals surface area contributed by atoms with Gasteiger partial charge in [0.1, 0.15) is 0 Å². The van der Waals surface area contributed by atoms with Gasteiger partial charge in [-0.25, -0.2) is 4.79 Å². The van der Waals surface area contributed by atoms with E-state index in [0.717, 1.165) is 6.07 Å². The highest BCUT2D eigenvalue weighted by Crippen LogP contribution is 2.10. The second kappa shape index (κ2) is 3.95. The van der Waals surface area contributed by atoms with Crippen molar-refractivity contribution in [2.75, 3.05) is 0 Å². The highest BCUT2D eigenvalue weighted by Gasteiger charge is 2.16. The van der Waals surface area contributed by atoms with Crippen LogP contribution >= 0.6 is 0 Å². The fourth-order valence-corrected chi connectivity index (χ4v) is 1.35. The molecule has 15 heavy (non-hydrogen) atoms. The monoisotopic (exact) mass is 211 g/mol. The van der Waals surface area contributed by atoms with Crippen molar-refractivity contribution >= 4 is 11.9 Å². The smallest absolute Gasteiger partial charge is 0.337 e. The summed E-state index contributed by atoms with van der Waals surface area (Å²) >= 11 is 0. The molecule has 0 amide bonds. The number of rotatable bonds is 3. The van der Waals surface area contributed by atoms with E-state index in [2.05, 4.69) is 4.98 Å². The molecule has 6 heteroatoms. The summed E-state index contributed by atoms with van der Waals surface area (Å²) < 4.78 is 0. The number of nitrogens with one attached hydrogen (secondary N) is 1. The summed E-state index contributed by atoms with van der Waals surface area (Å²) in [7, 11) is 0. The maximum absolute atomic E-state index is 11.0. The Bertz CT molecular complexity index is 474. The van der Waals surface area contributed by atoms with Crippen molar-refractivity contribution in [2.24, 2.45) is 0 Å². The quantitative estimate of drug-likeness (QED) is 0.652. The first-order chi connectivity index (χ1) is 6.91. The summed E-state index contributed by atoms with van der Waals surface area (Å²) in [6, 6.07) is 0.991. The number of hydrogen-bond donors (Lipinski definition) is 3. The predicted octanol–water partition coefficient (Wildman–Crippen LogP) is 0.00862. The number of hydrogen-bond acceptors (Lipinski definition) is 3. The lowest BCUT2D eigenvalue weighted by Gasteiger charge is -2.05. The molecule has 0 aromatic carbocycles. The molecule has 0 aliphatic carbocycles. The minimum Gasteiger partial charge on any atom is -0.481 e. The average Bonchev–Trinajstić information content (AvgIpc) is 1.99. The lowest BCUT2D eigenvalue weighted by atomic mass is 10.0. The Hall–Kier alpha value is -2.11. The van der Waals surface area contributed by atoms with Crippen LogP contribution in [0.4, 0.5) is 0 Å². The number of carboxylic acid groups (broad SMARTS) is 2. The van der Waals surface area contributed by atoms with Crippen LogP contribution in [0.5, 0.6) is 0 Å². The van der Waals surface area contributed by atoms with Crippen LogP contribution < -0.4 is 5.56 Å². The summed E-state index contributed by atoms with van der Waals surface area (Å²) in [6.45, 7) is 1.41. The van der Waals surface area contributed by atoms with Gasteiger partial charge in [0.15, 0.2) is 0 Å². The van der Waals surface area contributed by atoms with Gasteiger partial charge in [0.25, 0.3) is 0 Å². The van der Waals surface area contributed by atoms with E-state index in [9.17, 15) is 14.4 Å². The second-order valence-electron chi connectivity index (χ2n) is 3.03. The molecule has 1 heterocycles. The van der Waals surface area contributed by atoms with Crippen LogP contribution in [-0.2, 0) is 11.2 Å². The molecule has 1 aromatic heterocycles. The molecule has 0 fully saturated rings. The van der Waals surface area contributed by atoms with Gasteiger partial charge in [0.2, 0.25) is 5.56 Å². The van der Waals surface area contributed by atoms with Crippen LogP contribution in [0.25, 0.3) is 0 Å². The molecule has 1 aromatic rings. The zero-order valence-corrected chi connectivity index (χ0v) is 7.90. The third-order valence-corrected chi connectivity index (χ3v) is 1.87. The molecule has 80 valence electrons. The van der Waals surface area contributed by atoms with Crippen molar-refractivity contribution in [3.63, 3.8) is 0 Å². The minimum atomic E-state index is -1.25. The highest BCUT2D eigenvalue weighted by molar-refractivity contribution is 5.91. The van der Waals surface area contributed by atoms with Gasteiger partial charge < -0.3 is 15.2 Å². The maximum atomic E-state index is 11.0. The highest BCUT2D eigenvalue weighted by atomic mass is 16.4. The van der Waals surface area contributed by atoms with Crippen LogP contribution in [0.3, 0.4) is 0 Å². The number of aromatic carboxylic acids is 1. The van der Waals surface area contributed by atoms with Gasteiger partial charge in [-0.1, -0.05) is 0 Å². The van der Waals surface area contributed by atoms with Crippen LogP contribution in [0, 0.1) is 6.92 Å². The van der Waals surface area contributed by atoms with E-state index in [1.54, 1.807) is 0 Å². The van der Waals surface area contributed by atoms with Crippen molar-refractivity contribution in [3.8, 4) is 0 Å². The van der Waals surface area contributed by atoms with Crippen molar-refractivity contribution in [1.82, 2.24) is 4.98 Å². The first-order valence-electron chi connectivity index (χ1n) is 4.09. The van der Waals surface area contributed by atoms with Crippen LogP contribution in [0.2, 0.25) is 0 Å². The van der Waals surface area contributed by atoms with Gasteiger partial charge in [0.05, 0.1) is 12.0 Å². The van der Waals surface area contributed by atoms with Crippen molar-refractivity contribution < 1.29 is 19.8 Å². The standard InChI is InChI=1S/C9H9NO5/c1-4-8(9(14)15)5(3-7(12)13)2-6(11)10-4/h2H,3H2,1H3,(H,10,11)(H,12,13)(H,14,15). The Kier molecular flexibility index (Phi) is 2.89. The van der Waals surface area contributed by atoms with Crippen LogP contribution in [-0.4, -0.2) is 27.1 Å². The molecule has 0 atom stereocenters. The second-order valence-corrected chi connectivity index (χ2v) is 3.03. The third kappa shape index (κ3) is 2.43. The summed E-state index contributed by atoms with van der Waals surface area (Å²) in [5.74, 6) is -2.43. The number of aliphatic carboxylic acids is 1. The summed E-state index contributed by atoms with van der Waals surface area (Å²) in [4.78, 5) is 34.6. The van der Waals surface area contributed by atoms with E-state index in [1.165, 1.54) is 6.92 Å². The van der Waals surface area contributed by atoms with E-state index >= 15 is 0 Å². The number of aromatic nitrogens is 1. The molecule has 0 saturated carbocycles. The lowest BCUT2D eigenvalue weighted by Crippen LogP contribution is -2.17. The van der Waals surface area contributed by atoms with E-state index in [-0.39, 0.29) is 16.8 Å². The molecule has 0 bridgehead atoms. The van der Waals surface area contributed by atoms with E-state index in [0.29, 0.717) is 0 Å². The Morgan fingerprint density at radius 2 is 2.00 bits per heavy atom. The van der Waals surface area contributed by atoms with Gasteiger partial charge in [-0.15, -0.1) is 0 Å². The number of aryl methyl sites for hydroxylation is 1. The molecule has 0 aliphatic rings. The first-order valence-corrected chi connectivity index (χ1v) is 4.09. The Morgan fingerprint density at radius 1 is 1.40 bits per heavy atom. The zero-order chi connectivity index (χ0) is 11.6. The van der Waals surface area contributed by atoms with Gasteiger partial charge in [-0.3, -0.25) is 9.59 Å². The van der Waals surface area contributed by atoms with Crippen molar-refractivity contribution in [2.45, 2.75) is 13.3 Å². The minimum absolute atomic E-state index is 0.0104. The molecule has 3 N–H and O–H groups in total. The van der Waals surface area contributed by atoms with E-state index in [4.69, 9.17) is 10.2 Å². The first kappa shape index (κ1) is 11.0. The molecule has 0 aliphatic heterocycles. The molecule has 0 spiro atoms.